The molecule has 0 radical (unpaired) electrons. The van der Waals surface area contributed by atoms with Crippen LogP contribution < -0.4 is 5.32 Å². The Morgan fingerprint density at radius 2 is 2.05 bits per heavy atom. The highest BCUT2D eigenvalue weighted by Gasteiger charge is 2.22. The van der Waals surface area contributed by atoms with E-state index in [-0.39, 0.29) is 6.03 Å². The maximum Gasteiger partial charge on any atom is 0.322 e. The summed E-state index contributed by atoms with van der Waals surface area (Å²) in [5.41, 5.74) is 2.14. The van der Waals surface area contributed by atoms with E-state index in [1.54, 1.807) is 29.2 Å². The second-order valence-corrected chi connectivity index (χ2v) is 5.78. The number of aromatic nitrogens is 1. The van der Waals surface area contributed by atoms with E-state index < -0.39 is 5.95 Å². The monoisotopic (exact) mass is 339 g/mol. The van der Waals surface area contributed by atoms with E-state index in [0.717, 1.165) is 5.56 Å². The van der Waals surface area contributed by atoms with Gasteiger partial charge in [-0.25, -0.2) is 9.78 Å². The highest BCUT2D eigenvalue weighted by atomic mass is 35.5. The van der Waals surface area contributed by atoms with Crippen molar-refractivity contribution in [1.29, 1.82) is 0 Å². The van der Waals surface area contributed by atoms with Crippen molar-refractivity contribution < 1.29 is 9.18 Å². The Morgan fingerprint density at radius 1 is 1.23 bits per heavy atom. The number of urea groups is 1. The van der Waals surface area contributed by atoms with Crippen LogP contribution in [0.1, 0.15) is 11.3 Å². The van der Waals surface area contributed by atoms with Crippen molar-refractivity contribution in [2.75, 3.05) is 11.9 Å². The van der Waals surface area contributed by atoms with Crippen molar-refractivity contribution in [3.8, 4) is 0 Å². The summed E-state index contributed by atoms with van der Waals surface area (Å²) in [4.78, 5) is 17.8. The number of nitrogens with one attached hydrogen (secondary N) is 1. The summed E-state index contributed by atoms with van der Waals surface area (Å²) in [6.07, 6.45) is 0.530. The lowest BCUT2D eigenvalue weighted by Gasteiger charge is -2.28. The van der Waals surface area contributed by atoms with Crippen LogP contribution in [0.25, 0.3) is 0 Å². The standard InChI is InChI=1S/C15H12Cl2FN3O/c16-11-3-2-10(7-12(11)17)19-15(22)21-6-5-13-9(8-21)1-4-14(18)20-13/h1-4,7H,5-6,8H2,(H,19,22). The maximum absolute atomic E-state index is 13.1. The number of nitrogens with zero attached hydrogens (tertiary/aromatic N) is 2. The molecule has 22 heavy (non-hydrogen) atoms. The lowest BCUT2D eigenvalue weighted by molar-refractivity contribution is 0.205. The second kappa shape index (κ2) is 6.10. The molecule has 0 saturated heterocycles. The molecular formula is C15H12Cl2FN3O. The van der Waals surface area contributed by atoms with Gasteiger partial charge in [0.05, 0.1) is 15.7 Å². The van der Waals surface area contributed by atoms with Gasteiger partial charge in [0, 0.05) is 25.2 Å². The van der Waals surface area contributed by atoms with Crippen LogP contribution in [0.4, 0.5) is 14.9 Å². The van der Waals surface area contributed by atoms with Gasteiger partial charge in [0.25, 0.3) is 0 Å². The van der Waals surface area contributed by atoms with Crippen LogP contribution in [0.2, 0.25) is 10.0 Å². The van der Waals surface area contributed by atoms with Crippen LogP contribution in [-0.4, -0.2) is 22.5 Å². The Balaban J connectivity index is 1.71. The number of benzene rings is 1. The Labute approximate surface area is 136 Å². The second-order valence-electron chi connectivity index (χ2n) is 4.97. The van der Waals surface area contributed by atoms with Gasteiger partial charge in [-0.2, -0.15) is 4.39 Å². The van der Waals surface area contributed by atoms with Crippen molar-refractivity contribution >= 4 is 34.9 Å². The van der Waals surface area contributed by atoms with E-state index in [0.29, 0.717) is 40.9 Å². The fourth-order valence-corrected chi connectivity index (χ4v) is 2.64. The highest BCUT2D eigenvalue weighted by molar-refractivity contribution is 6.42. The third-order valence-corrected chi connectivity index (χ3v) is 4.21. The summed E-state index contributed by atoms with van der Waals surface area (Å²) in [5.74, 6) is -0.493. The minimum Gasteiger partial charge on any atom is -0.320 e. The van der Waals surface area contributed by atoms with Crippen molar-refractivity contribution in [3.63, 3.8) is 0 Å². The molecule has 0 bridgehead atoms. The van der Waals surface area contributed by atoms with Gasteiger partial charge in [-0.3, -0.25) is 0 Å². The van der Waals surface area contributed by atoms with Crippen LogP contribution >= 0.6 is 23.2 Å². The largest absolute Gasteiger partial charge is 0.322 e. The first kappa shape index (κ1) is 15.1. The Kier molecular flexibility index (Phi) is 4.18. The van der Waals surface area contributed by atoms with E-state index in [1.807, 2.05) is 0 Å². The number of rotatable bonds is 1. The molecule has 2 aromatic rings. The summed E-state index contributed by atoms with van der Waals surface area (Å²) >= 11 is 11.8. The van der Waals surface area contributed by atoms with Gasteiger partial charge in [0.2, 0.25) is 5.95 Å². The molecule has 4 nitrogen and oxygen atoms in total. The minimum absolute atomic E-state index is 0.242. The molecule has 1 aliphatic heterocycles. The third-order valence-electron chi connectivity index (χ3n) is 3.47. The molecule has 3 rings (SSSR count). The number of fused-ring (bicyclic) bond motifs is 1. The number of hydrogen-bond acceptors (Lipinski definition) is 2. The predicted octanol–water partition coefficient (Wildman–Crippen LogP) is 4.12. The molecule has 7 heteroatoms. The van der Waals surface area contributed by atoms with Gasteiger partial charge in [-0.15, -0.1) is 0 Å². The molecule has 2 heterocycles. The molecule has 2 amide bonds. The fourth-order valence-electron chi connectivity index (χ4n) is 2.34. The number of amides is 2. The molecule has 0 aliphatic carbocycles. The number of carbonyl (C=O) groups excluding carboxylic acids is 1. The van der Waals surface area contributed by atoms with Gasteiger partial charge in [0.1, 0.15) is 0 Å². The molecule has 114 valence electrons. The average Bonchev–Trinajstić information content (AvgIpc) is 2.50. The van der Waals surface area contributed by atoms with E-state index >= 15 is 0 Å². The van der Waals surface area contributed by atoms with Gasteiger partial charge in [0.15, 0.2) is 0 Å². The maximum atomic E-state index is 13.1. The molecule has 0 saturated carbocycles. The number of pyridine rings is 1. The van der Waals surface area contributed by atoms with E-state index in [9.17, 15) is 9.18 Å². The highest BCUT2D eigenvalue weighted by Crippen LogP contribution is 2.25. The van der Waals surface area contributed by atoms with Crippen molar-refractivity contribution in [2.45, 2.75) is 13.0 Å². The van der Waals surface area contributed by atoms with Gasteiger partial charge >= 0.3 is 6.03 Å². The Morgan fingerprint density at radius 3 is 2.82 bits per heavy atom. The van der Waals surface area contributed by atoms with Crippen molar-refractivity contribution in [2.24, 2.45) is 0 Å². The smallest absolute Gasteiger partial charge is 0.320 e. The summed E-state index contributed by atoms with van der Waals surface area (Å²) in [6.45, 7) is 0.881. The SMILES string of the molecule is O=C(Nc1ccc(Cl)c(Cl)c1)N1CCc2nc(F)ccc2C1. The summed E-state index contributed by atoms with van der Waals surface area (Å²) in [6, 6.07) is 7.62. The lowest BCUT2D eigenvalue weighted by atomic mass is 10.1. The number of anilines is 1. The molecule has 1 aliphatic rings. The Bertz CT molecular complexity index is 739. The van der Waals surface area contributed by atoms with E-state index in [2.05, 4.69) is 10.3 Å². The first-order valence-corrected chi connectivity index (χ1v) is 7.44. The van der Waals surface area contributed by atoms with E-state index in [1.165, 1.54) is 6.07 Å². The lowest BCUT2D eigenvalue weighted by Crippen LogP contribution is -2.39. The predicted molar refractivity (Wildman–Crippen MR) is 83.8 cm³/mol. The molecule has 1 aromatic carbocycles. The fraction of sp³-hybridized carbons (Fsp3) is 0.200. The number of carbonyl (C=O) groups is 1. The Hall–Kier alpha value is -1.85. The van der Waals surface area contributed by atoms with E-state index in [4.69, 9.17) is 23.2 Å². The van der Waals surface area contributed by atoms with Crippen LogP contribution in [0.5, 0.6) is 0 Å². The summed E-state index contributed by atoms with van der Waals surface area (Å²) in [7, 11) is 0. The first-order valence-electron chi connectivity index (χ1n) is 6.68. The molecule has 0 fully saturated rings. The molecule has 0 atom stereocenters. The van der Waals surface area contributed by atoms with Gasteiger partial charge in [-0.05, 0) is 29.8 Å². The average molecular weight is 340 g/mol. The normalized spacial score (nSPS) is 13.7. The summed E-state index contributed by atoms with van der Waals surface area (Å²) < 4.78 is 13.1. The van der Waals surface area contributed by atoms with Crippen molar-refractivity contribution in [1.82, 2.24) is 9.88 Å². The third kappa shape index (κ3) is 3.15. The molecular weight excluding hydrogens is 328 g/mol. The van der Waals surface area contributed by atoms with Crippen LogP contribution in [0.15, 0.2) is 30.3 Å². The molecule has 1 aromatic heterocycles. The van der Waals surface area contributed by atoms with Crippen LogP contribution in [-0.2, 0) is 13.0 Å². The summed E-state index contributed by atoms with van der Waals surface area (Å²) in [5, 5.41) is 3.58. The molecule has 0 spiro atoms. The zero-order valence-electron chi connectivity index (χ0n) is 11.4. The van der Waals surface area contributed by atoms with Gasteiger partial charge < -0.3 is 10.2 Å². The minimum atomic E-state index is -0.493. The van der Waals surface area contributed by atoms with Crippen LogP contribution in [0.3, 0.4) is 0 Å². The zero-order chi connectivity index (χ0) is 15.7. The number of halogens is 3. The van der Waals surface area contributed by atoms with Crippen molar-refractivity contribution in [3.05, 3.63) is 57.6 Å². The number of hydrogen-bond donors (Lipinski definition) is 1. The zero-order valence-corrected chi connectivity index (χ0v) is 13.0. The van der Waals surface area contributed by atoms with Gasteiger partial charge in [-0.1, -0.05) is 29.3 Å². The molecule has 0 unspecified atom stereocenters. The van der Waals surface area contributed by atoms with Crippen LogP contribution in [0, 0.1) is 5.95 Å². The quantitative estimate of drug-likeness (QED) is 0.794. The first-order chi connectivity index (χ1) is 10.5. The molecule has 1 N–H and O–H groups in total. The topological polar surface area (TPSA) is 45.2 Å².